The number of aromatic nitrogens is 3. The van der Waals surface area contributed by atoms with Gasteiger partial charge in [0.15, 0.2) is 4.77 Å². The number of nitrogens with one attached hydrogen (secondary N) is 1. The Morgan fingerprint density at radius 3 is 2.29 bits per heavy atom. The Kier molecular flexibility index (Phi) is 2.86. The summed E-state index contributed by atoms with van der Waals surface area (Å²) in [6.45, 7) is 11.1. The lowest BCUT2D eigenvalue weighted by Crippen LogP contribution is -2.31. The summed E-state index contributed by atoms with van der Waals surface area (Å²) in [5.41, 5.74) is 0.303. The lowest BCUT2D eigenvalue weighted by Gasteiger charge is -2.33. The molecule has 1 rings (SSSR count). The summed E-state index contributed by atoms with van der Waals surface area (Å²) in [4.78, 5) is 0. The lowest BCUT2D eigenvalue weighted by molar-refractivity contribution is 0.212. The van der Waals surface area contributed by atoms with E-state index in [9.17, 15) is 0 Å². The van der Waals surface area contributed by atoms with Gasteiger partial charge in [0, 0.05) is 5.54 Å². The molecule has 0 aromatic carbocycles. The van der Waals surface area contributed by atoms with Crippen molar-refractivity contribution in [3.05, 3.63) is 11.1 Å². The van der Waals surface area contributed by atoms with Crippen LogP contribution in [0.1, 0.15) is 41.0 Å². The molecule has 0 spiro atoms. The summed E-state index contributed by atoms with van der Waals surface area (Å²) in [5, 5.41) is 6.74. The van der Waals surface area contributed by atoms with Crippen LogP contribution in [0.3, 0.4) is 0 Å². The van der Waals surface area contributed by atoms with Gasteiger partial charge in [-0.1, -0.05) is 20.8 Å². The molecule has 0 amide bonds. The molecule has 0 bridgehead atoms. The van der Waals surface area contributed by atoms with Crippen molar-refractivity contribution in [3.8, 4) is 0 Å². The van der Waals surface area contributed by atoms with Crippen molar-refractivity contribution in [2.24, 2.45) is 5.41 Å². The SMILES string of the molecule is CC(C)(C)CC(C)(C)n1cn[nH]c1=S. The zero-order chi connectivity index (χ0) is 11.0. The molecule has 0 atom stereocenters. The van der Waals surface area contributed by atoms with Gasteiger partial charge in [0.05, 0.1) is 0 Å². The van der Waals surface area contributed by atoms with Gasteiger partial charge >= 0.3 is 0 Å². The van der Waals surface area contributed by atoms with Crippen LogP contribution in [0, 0.1) is 10.2 Å². The van der Waals surface area contributed by atoms with E-state index in [4.69, 9.17) is 12.2 Å². The number of H-pyrrole nitrogens is 1. The maximum atomic E-state index is 5.17. The Morgan fingerprint density at radius 2 is 1.93 bits per heavy atom. The fourth-order valence-electron chi connectivity index (χ4n) is 2.06. The van der Waals surface area contributed by atoms with Crippen molar-refractivity contribution in [2.75, 3.05) is 0 Å². The van der Waals surface area contributed by atoms with Crippen molar-refractivity contribution in [2.45, 2.75) is 46.6 Å². The number of nitrogens with zero attached hydrogens (tertiary/aromatic N) is 2. The fraction of sp³-hybridized carbons (Fsp3) is 0.800. The molecular weight excluding hydrogens is 194 g/mol. The highest BCUT2D eigenvalue weighted by atomic mass is 32.1. The fourth-order valence-corrected chi connectivity index (χ4v) is 2.41. The Labute approximate surface area is 90.5 Å². The third-order valence-electron chi connectivity index (χ3n) is 2.17. The van der Waals surface area contributed by atoms with Gasteiger partial charge in [-0.15, -0.1) is 0 Å². The van der Waals surface area contributed by atoms with Crippen molar-refractivity contribution >= 4 is 12.2 Å². The number of hydrogen-bond acceptors (Lipinski definition) is 2. The zero-order valence-electron chi connectivity index (χ0n) is 9.59. The molecule has 0 aliphatic rings. The zero-order valence-corrected chi connectivity index (χ0v) is 10.4. The van der Waals surface area contributed by atoms with Gasteiger partial charge in [-0.05, 0) is 37.9 Å². The molecule has 0 aliphatic carbocycles. The highest BCUT2D eigenvalue weighted by Crippen LogP contribution is 2.31. The molecule has 0 fully saturated rings. The largest absolute Gasteiger partial charge is 0.301 e. The Morgan fingerprint density at radius 1 is 1.36 bits per heavy atom. The summed E-state index contributed by atoms with van der Waals surface area (Å²) in [6, 6.07) is 0. The van der Waals surface area contributed by atoms with Gasteiger partial charge in [0.25, 0.3) is 0 Å². The second-order valence-corrected chi connectivity index (χ2v) is 5.97. The van der Waals surface area contributed by atoms with Gasteiger partial charge < -0.3 is 4.57 Å². The first-order valence-corrected chi connectivity index (χ1v) is 5.26. The first-order valence-electron chi connectivity index (χ1n) is 4.85. The topological polar surface area (TPSA) is 33.6 Å². The van der Waals surface area contributed by atoms with Crippen molar-refractivity contribution in [1.82, 2.24) is 14.8 Å². The molecule has 1 heterocycles. The van der Waals surface area contributed by atoms with Crippen molar-refractivity contribution in [1.29, 1.82) is 0 Å². The Hall–Kier alpha value is -0.640. The number of rotatable bonds is 2. The molecule has 3 nitrogen and oxygen atoms in total. The molecule has 1 N–H and O–H groups in total. The van der Waals surface area contributed by atoms with E-state index < -0.39 is 0 Å². The second kappa shape index (κ2) is 3.50. The second-order valence-electron chi connectivity index (χ2n) is 5.58. The van der Waals surface area contributed by atoms with E-state index in [1.165, 1.54) is 0 Å². The smallest absolute Gasteiger partial charge is 0.195 e. The van der Waals surface area contributed by atoms with Crippen LogP contribution in [0.15, 0.2) is 6.33 Å². The highest BCUT2D eigenvalue weighted by Gasteiger charge is 2.27. The van der Waals surface area contributed by atoms with Crippen LogP contribution in [-0.4, -0.2) is 14.8 Å². The normalized spacial score (nSPS) is 13.2. The minimum Gasteiger partial charge on any atom is -0.301 e. The van der Waals surface area contributed by atoms with Gasteiger partial charge in [-0.25, -0.2) is 0 Å². The molecular formula is C10H19N3S. The summed E-state index contributed by atoms with van der Waals surface area (Å²) in [5.74, 6) is 0. The Bertz CT molecular complexity index is 354. The van der Waals surface area contributed by atoms with E-state index in [1.54, 1.807) is 6.33 Å². The average molecular weight is 213 g/mol. The summed E-state index contributed by atoms with van der Waals surface area (Å²) >= 11 is 5.17. The minimum atomic E-state index is 0.0162. The predicted octanol–water partition coefficient (Wildman–Crippen LogP) is 3.11. The van der Waals surface area contributed by atoms with Crippen LogP contribution in [0.2, 0.25) is 0 Å². The molecule has 0 radical (unpaired) electrons. The maximum absolute atomic E-state index is 5.17. The molecule has 0 saturated carbocycles. The molecule has 4 heteroatoms. The predicted molar refractivity (Wildman–Crippen MR) is 60.8 cm³/mol. The van der Waals surface area contributed by atoms with Gasteiger partial charge in [-0.2, -0.15) is 5.10 Å². The van der Waals surface area contributed by atoms with Crippen LogP contribution < -0.4 is 0 Å². The standard InChI is InChI=1S/C10H19N3S/c1-9(2,3)6-10(4,5)13-7-11-12-8(13)14/h7H,6H2,1-5H3,(H,12,14). The van der Waals surface area contributed by atoms with Gasteiger partial charge in [0.1, 0.15) is 6.33 Å². The van der Waals surface area contributed by atoms with E-state index in [-0.39, 0.29) is 11.0 Å². The van der Waals surface area contributed by atoms with E-state index in [2.05, 4.69) is 44.8 Å². The summed E-state index contributed by atoms with van der Waals surface area (Å²) in [6.07, 6.45) is 2.84. The first kappa shape index (κ1) is 11.4. The van der Waals surface area contributed by atoms with E-state index in [0.717, 1.165) is 6.42 Å². The molecule has 80 valence electrons. The first-order chi connectivity index (χ1) is 6.22. The third-order valence-corrected chi connectivity index (χ3v) is 2.46. The van der Waals surface area contributed by atoms with Crippen LogP contribution in [0.4, 0.5) is 0 Å². The Balaban J connectivity index is 2.97. The molecule has 0 saturated heterocycles. The van der Waals surface area contributed by atoms with Gasteiger partial charge in [-0.3, -0.25) is 5.10 Å². The number of hydrogen-bond donors (Lipinski definition) is 1. The molecule has 1 aromatic rings. The van der Waals surface area contributed by atoms with E-state index in [1.807, 2.05) is 4.57 Å². The van der Waals surface area contributed by atoms with E-state index >= 15 is 0 Å². The van der Waals surface area contributed by atoms with Crippen LogP contribution in [-0.2, 0) is 5.54 Å². The van der Waals surface area contributed by atoms with Gasteiger partial charge in [0.2, 0.25) is 0 Å². The molecule has 1 aromatic heterocycles. The lowest BCUT2D eigenvalue weighted by atomic mass is 9.82. The molecule has 14 heavy (non-hydrogen) atoms. The van der Waals surface area contributed by atoms with Crippen molar-refractivity contribution < 1.29 is 0 Å². The minimum absolute atomic E-state index is 0.0162. The van der Waals surface area contributed by atoms with Crippen LogP contribution in [0.25, 0.3) is 0 Å². The maximum Gasteiger partial charge on any atom is 0.195 e. The van der Waals surface area contributed by atoms with Crippen LogP contribution >= 0.6 is 12.2 Å². The monoisotopic (exact) mass is 213 g/mol. The van der Waals surface area contributed by atoms with E-state index in [0.29, 0.717) is 4.77 Å². The van der Waals surface area contributed by atoms with Crippen LogP contribution in [0.5, 0.6) is 0 Å². The van der Waals surface area contributed by atoms with Crippen molar-refractivity contribution in [3.63, 3.8) is 0 Å². The summed E-state index contributed by atoms with van der Waals surface area (Å²) in [7, 11) is 0. The highest BCUT2D eigenvalue weighted by molar-refractivity contribution is 7.71. The average Bonchev–Trinajstić information content (AvgIpc) is 2.29. The third kappa shape index (κ3) is 2.67. The molecule has 0 aliphatic heterocycles. The number of aromatic amines is 1. The quantitative estimate of drug-likeness (QED) is 0.766. The summed E-state index contributed by atoms with van der Waals surface area (Å²) < 4.78 is 2.72. The molecule has 0 unspecified atom stereocenters.